The van der Waals surface area contributed by atoms with E-state index in [-0.39, 0.29) is 22.2 Å². The third kappa shape index (κ3) is 5.39. The number of rotatable bonds is 8. The Hall–Kier alpha value is -4.60. The van der Waals surface area contributed by atoms with Crippen LogP contribution in [0.15, 0.2) is 83.8 Å². The molecule has 0 aliphatic rings. The molecule has 0 spiro atoms. The zero-order valence-electron chi connectivity index (χ0n) is 19.5. The molecule has 0 fully saturated rings. The molecule has 12 heteroatoms. The number of carbonyl (C=O) groups excluding carboxylic acids is 1. The molecule has 5 rings (SSSR count). The number of amides is 1. The Labute approximate surface area is 220 Å². The van der Waals surface area contributed by atoms with Crippen LogP contribution < -0.4 is 9.50 Å². The van der Waals surface area contributed by atoms with E-state index in [2.05, 4.69) is 20.5 Å². The van der Waals surface area contributed by atoms with E-state index in [4.69, 9.17) is 4.18 Å². The summed E-state index contributed by atoms with van der Waals surface area (Å²) < 4.78 is 43.8. The number of aromatic nitrogens is 3. The number of benzene rings is 3. The van der Waals surface area contributed by atoms with Gasteiger partial charge < -0.3 is 9.17 Å². The van der Waals surface area contributed by atoms with Gasteiger partial charge >= 0.3 is 10.1 Å². The fourth-order valence-electron chi connectivity index (χ4n) is 3.70. The minimum absolute atomic E-state index is 0.0399. The molecule has 0 aliphatic heterocycles. The fraction of sp³-hybridized carbons (Fsp3) is 0.0769. The average Bonchev–Trinajstić information content (AvgIpc) is 3.55. The molecular formula is C26H18FN5O4S2. The van der Waals surface area contributed by atoms with Gasteiger partial charge in [0, 0.05) is 17.3 Å². The Balaban J connectivity index is 1.30. The number of H-pyrrole nitrogens is 1. The van der Waals surface area contributed by atoms with Crippen LogP contribution in [-0.4, -0.2) is 29.5 Å². The standard InChI is InChI=1S/C26H18FN5O4S2/c27-19-9-11-20(12-10-19)38(34,35)36-23-8-4-2-6-17(23)13-18(15-28)24(33)30-26-32-31-25(37-26)22-14-16-5-1-3-7-21(16)29-22/h1-12,14,18,29H,13H2,(H,30,32,33). The van der Waals surface area contributed by atoms with Crippen molar-refractivity contribution in [2.24, 2.45) is 5.92 Å². The van der Waals surface area contributed by atoms with Crippen molar-refractivity contribution in [2.45, 2.75) is 11.3 Å². The minimum atomic E-state index is -4.27. The second kappa shape index (κ2) is 10.4. The molecule has 2 heterocycles. The number of nitriles is 1. The van der Waals surface area contributed by atoms with Gasteiger partial charge in [-0.2, -0.15) is 13.7 Å². The highest BCUT2D eigenvalue weighted by Gasteiger charge is 2.24. The summed E-state index contributed by atoms with van der Waals surface area (Å²) in [4.78, 5) is 15.9. The van der Waals surface area contributed by atoms with E-state index < -0.39 is 27.8 Å². The molecule has 0 aliphatic carbocycles. The lowest BCUT2D eigenvalue weighted by molar-refractivity contribution is -0.118. The number of carbonyl (C=O) groups is 1. The lowest BCUT2D eigenvalue weighted by Crippen LogP contribution is -2.23. The van der Waals surface area contributed by atoms with Crippen molar-refractivity contribution >= 4 is 43.4 Å². The molecule has 0 saturated heterocycles. The Morgan fingerprint density at radius 1 is 1.08 bits per heavy atom. The van der Waals surface area contributed by atoms with Gasteiger partial charge in [0.2, 0.25) is 11.0 Å². The molecule has 5 aromatic rings. The molecule has 0 radical (unpaired) electrons. The second-order valence-corrected chi connectivity index (χ2v) is 10.7. The first kappa shape index (κ1) is 25.1. The van der Waals surface area contributed by atoms with E-state index >= 15 is 0 Å². The SMILES string of the molecule is N#CC(Cc1ccccc1OS(=O)(=O)c1ccc(F)cc1)C(=O)Nc1nnc(-c2cc3ccccc3[nH]2)s1. The Bertz CT molecular complexity index is 1740. The van der Waals surface area contributed by atoms with Gasteiger partial charge in [0.1, 0.15) is 22.4 Å². The van der Waals surface area contributed by atoms with Crippen molar-refractivity contribution in [3.05, 3.63) is 90.2 Å². The molecule has 190 valence electrons. The molecule has 0 saturated carbocycles. The highest BCUT2D eigenvalue weighted by molar-refractivity contribution is 7.87. The van der Waals surface area contributed by atoms with Gasteiger partial charge in [0.15, 0.2) is 5.01 Å². The van der Waals surface area contributed by atoms with Crippen molar-refractivity contribution < 1.29 is 21.8 Å². The maximum absolute atomic E-state index is 13.2. The number of nitrogens with one attached hydrogen (secondary N) is 2. The molecule has 1 atom stereocenters. The van der Waals surface area contributed by atoms with Gasteiger partial charge in [0.25, 0.3) is 0 Å². The van der Waals surface area contributed by atoms with Gasteiger partial charge in [-0.25, -0.2) is 4.39 Å². The number of nitrogens with zero attached hydrogens (tertiary/aromatic N) is 3. The van der Waals surface area contributed by atoms with Crippen LogP contribution in [0.4, 0.5) is 9.52 Å². The molecule has 1 unspecified atom stereocenters. The number of aromatic amines is 1. The van der Waals surface area contributed by atoms with E-state index in [1.165, 1.54) is 6.07 Å². The van der Waals surface area contributed by atoms with E-state index in [9.17, 15) is 22.9 Å². The summed E-state index contributed by atoms with van der Waals surface area (Å²) in [6, 6.07) is 22.0. The van der Waals surface area contributed by atoms with Crippen molar-refractivity contribution in [1.82, 2.24) is 15.2 Å². The van der Waals surface area contributed by atoms with Crippen LogP contribution in [0.25, 0.3) is 21.6 Å². The van der Waals surface area contributed by atoms with Crippen LogP contribution in [0.2, 0.25) is 0 Å². The average molecular weight is 548 g/mol. The van der Waals surface area contributed by atoms with Gasteiger partial charge in [-0.15, -0.1) is 10.2 Å². The Morgan fingerprint density at radius 2 is 1.82 bits per heavy atom. The predicted octanol–water partition coefficient (Wildman–Crippen LogP) is 4.91. The molecular weight excluding hydrogens is 529 g/mol. The minimum Gasteiger partial charge on any atom is -0.379 e. The molecule has 9 nitrogen and oxygen atoms in total. The van der Waals surface area contributed by atoms with Crippen molar-refractivity contribution in [2.75, 3.05) is 5.32 Å². The van der Waals surface area contributed by atoms with Crippen molar-refractivity contribution in [1.29, 1.82) is 5.26 Å². The second-order valence-electron chi connectivity index (χ2n) is 8.16. The third-order valence-corrected chi connectivity index (χ3v) is 7.71. The number of fused-ring (bicyclic) bond motifs is 1. The maximum atomic E-state index is 13.2. The first-order valence-corrected chi connectivity index (χ1v) is 13.4. The van der Waals surface area contributed by atoms with E-state index in [1.807, 2.05) is 36.4 Å². The summed E-state index contributed by atoms with van der Waals surface area (Å²) in [6.07, 6.45) is -0.120. The highest BCUT2D eigenvalue weighted by atomic mass is 32.2. The van der Waals surface area contributed by atoms with E-state index in [0.29, 0.717) is 10.6 Å². The zero-order chi connectivity index (χ0) is 26.7. The van der Waals surface area contributed by atoms with Crippen LogP contribution in [0.5, 0.6) is 5.75 Å². The summed E-state index contributed by atoms with van der Waals surface area (Å²) in [5.41, 5.74) is 2.01. The Kier molecular flexibility index (Phi) is 6.87. The van der Waals surface area contributed by atoms with E-state index in [0.717, 1.165) is 52.2 Å². The fourth-order valence-corrected chi connectivity index (χ4v) is 5.38. The lowest BCUT2D eigenvalue weighted by Gasteiger charge is -2.13. The maximum Gasteiger partial charge on any atom is 0.339 e. The number of anilines is 1. The number of hydrogen-bond acceptors (Lipinski definition) is 8. The van der Waals surface area contributed by atoms with Crippen LogP contribution in [0.3, 0.4) is 0 Å². The van der Waals surface area contributed by atoms with Gasteiger partial charge in [0.05, 0.1) is 11.8 Å². The summed E-state index contributed by atoms with van der Waals surface area (Å²) in [7, 11) is -4.27. The van der Waals surface area contributed by atoms with Gasteiger partial charge in [-0.05, 0) is 48.0 Å². The lowest BCUT2D eigenvalue weighted by atomic mass is 9.99. The predicted molar refractivity (Wildman–Crippen MR) is 139 cm³/mol. The molecule has 1 amide bonds. The Morgan fingerprint density at radius 3 is 2.58 bits per heavy atom. The third-order valence-electron chi connectivity index (χ3n) is 5.59. The van der Waals surface area contributed by atoms with Crippen molar-refractivity contribution in [3.63, 3.8) is 0 Å². The number of halogens is 1. The first-order valence-electron chi connectivity index (χ1n) is 11.2. The molecule has 2 aromatic heterocycles. The summed E-state index contributed by atoms with van der Waals surface area (Å²) in [5.74, 6) is -2.42. The molecule has 0 bridgehead atoms. The summed E-state index contributed by atoms with van der Waals surface area (Å²) in [6.45, 7) is 0. The molecule has 2 N–H and O–H groups in total. The topological polar surface area (TPSA) is 138 Å². The van der Waals surface area contributed by atoms with Crippen LogP contribution in [0, 0.1) is 23.1 Å². The van der Waals surface area contributed by atoms with Crippen LogP contribution >= 0.6 is 11.3 Å². The number of para-hydroxylation sites is 2. The van der Waals surface area contributed by atoms with Crippen LogP contribution in [0.1, 0.15) is 5.56 Å². The summed E-state index contributed by atoms with van der Waals surface area (Å²) >= 11 is 1.15. The highest BCUT2D eigenvalue weighted by Crippen LogP contribution is 2.30. The number of hydrogen-bond donors (Lipinski definition) is 2. The van der Waals surface area contributed by atoms with Gasteiger partial charge in [-0.1, -0.05) is 47.7 Å². The largest absolute Gasteiger partial charge is 0.379 e. The van der Waals surface area contributed by atoms with Crippen molar-refractivity contribution in [3.8, 4) is 22.5 Å². The first-order chi connectivity index (χ1) is 18.3. The molecule has 3 aromatic carbocycles. The zero-order valence-corrected chi connectivity index (χ0v) is 21.1. The monoisotopic (exact) mass is 547 g/mol. The van der Waals surface area contributed by atoms with Crippen LogP contribution in [-0.2, 0) is 21.3 Å². The van der Waals surface area contributed by atoms with Gasteiger partial charge in [-0.3, -0.25) is 10.1 Å². The normalized spacial score (nSPS) is 12.1. The quantitative estimate of drug-likeness (QED) is 0.263. The van der Waals surface area contributed by atoms with E-state index in [1.54, 1.807) is 18.2 Å². The molecule has 38 heavy (non-hydrogen) atoms. The smallest absolute Gasteiger partial charge is 0.339 e. The summed E-state index contributed by atoms with van der Waals surface area (Å²) in [5, 5.41) is 22.2.